The second-order valence-corrected chi connectivity index (χ2v) is 7.67. The van der Waals surface area contributed by atoms with Crippen molar-refractivity contribution in [1.29, 1.82) is 0 Å². The number of aryl methyl sites for hydroxylation is 1. The summed E-state index contributed by atoms with van der Waals surface area (Å²) in [7, 11) is 0. The molecule has 0 aliphatic carbocycles. The van der Waals surface area contributed by atoms with Gasteiger partial charge in [-0.2, -0.15) is 0 Å². The van der Waals surface area contributed by atoms with Gasteiger partial charge >= 0.3 is 0 Å². The van der Waals surface area contributed by atoms with Crippen LogP contribution in [-0.4, -0.2) is 11.8 Å². The van der Waals surface area contributed by atoms with E-state index in [9.17, 15) is 9.59 Å². The summed E-state index contributed by atoms with van der Waals surface area (Å²) >= 11 is 9.44. The molecule has 3 aromatic rings. The maximum Gasteiger partial charge on any atom is 0.259 e. The molecule has 0 saturated carbocycles. The van der Waals surface area contributed by atoms with Gasteiger partial charge in [0, 0.05) is 10.2 Å². The van der Waals surface area contributed by atoms with E-state index in [2.05, 4.69) is 26.6 Å². The molecule has 0 radical (unpaired) electrons. The molecule has 140 valence electrons. The van der Waals surface area contributed by atoms with Crippen molar-refractivity contribution in [3.05, 3.63) is 80.8 Å². The largest absolute Gasteiger partial charge is 0.454 e. The zero-order valence-corrected chi connectivity index (χ0v) is 17.0. The van der Waals surface area contributed by atoms with E-state index in [0.29, 0.717) is 39.0 Å². The molecule has 2 amide bonds. The standard InChI is InChI=1S/C21H14BrClN2O3/c1-11-2-6-19-17(8-11)25-21(27)15-10-13(4-7-18(15)28-19)24-20(26)14-9-12(22)3-5-16(14)23/h2-10H,1H3,(H,24,26)(H,25,27). The van der Waals surface area contributed by atoms with E-state index in [1.54, 1.807) is 36.4 Å². The summed E-state index contributed by atoms with van der Waals surface area (Å²) in [5, 5.41) is 5.95. The number of rotatable bonds is 2. The van der Waals surface area contributed by atoms with E-state index in [-0.39, 0.29) is 11.8 Å². The van der Waals surface area contributed by atoms with Crippen LogP contribution >= 0.6 is 27.5 Å². The zero-order chi connectivity index (χ0) is 19.8. The average Bonchev–Trinajstić information content (AvgIpc) is 2.79. The van der Waals surface area contributed by atoms with Gasteiger partial charge in [-0.1, -0.05) is 33.6 Å². The number of nitrogens with one attached hydrogen (secondary N) is 2. The van der Waals surface area contributed by atoms with Crippen molar-refractivity contribution >= 4 is 50.7 Å². The lowest BCUT2D eigenvalue weighted by atomic mass is 10.1. The SMILES string of the molecule is Cc1ccc2c(c1)NC(=O)c1cc(NC(=O)c3cc(Br)ccc3Cl)ccc1O2. The van der Waals surface area contributed by atoms with Gasteiger partial charge in [0.15, 0.2) is 5.75 Å². The van der Waals surface area contributed by atoms with Crippen LogP contribution in [0, 0.1) is 6.92 Å². The van der Waals surface area contributed by atoms with E-state index < -0.39 is 0 Å². The quantitative estimate of drug-likeness (QED) is 0.494. The molecule has 1 heterocycles. The number of benzene rings is 3. The Bertz CT molecular complexity index is 1130. The minimum atomic E-state index is -0.375. The van der Waals surface area contributed by atoms with E-state index in [1.807, 2.05) is 25.1 Å². The van der Waals surface area contributed by atoms with Gasteiger partial charge in [0.05, 0.1) is 21.8 Å². The molecule has 1 aliphatic rings. The van der Waals surface area contributed by atoms with Gasteiger partial charge in [-0.3, -0.25) is 9.59 Å². The van der Waals surface area contributed by atoms with Crippen LogP contribution < -0.4 is 15.4 Å². The minimum Gasteiger partial charge on any atom is -0.454 e. The van der Waals surface area contributed by atoms with Gasteiger partial charge < -0.3 is 15.4 Å². The third-order valence-corrected chi connectivity index (χ3v) is 5.08. The molecule has 0 saturated heterocycles. The summed E-state index contributed by atoms with van der Waals surface area (Å²) in [6.45, 7) is 1.94. The maximum atomic E-state index is 12.7. The van der Waals surface area contributed by atoms with Crippen molar-refractivity contribution < 1.29 is 14.3 Å². The zero-order valence-electron chi connectivity index (χ0n) is 14.7. The van der Waals surface area contributed by atoms with Crippen LogP contribution in [0.1, 0.15) is 26.3 Å². The number of anilines is 2. The lowest BCUT2D eigenvalue weighted by Gasteiger charge is -2.11. The summed E-state index contributed by atoms with van der Waals surface area (Å²) in [5.41, 5.74) is 2.72. The normalized spacial score (nSPS) is 12.2. The van der Waals surface area contributed by atoms with E-state index >= 15 is 0 Å². The van der Waals surface area contributed by atoms with Gasteiger partial charge in [0.1, 0.15) is 5.75 Å². The van der Waals surface area contributed by atoms with Gasteiger partial charge in [-0.05, 0) is 61.0 Å². The molecule has 5 nitrogen and oxygen atoms in total. The Morgan fingerprint density at radius 2 is 1.86 bits per heavy atom. The Kier molecular flexibility index (Phi) is 4.83. The summed E-state index contributed by atoms with van der Waals surface area (Å²) in [5.74, 6) is 0.296. The molecule has 0 aromatic heterocycles. The first-order chi connectivity index (χ1) is 13.4. The number of fused-ring (bicyclic) bond motifs is 2. The summed E-state index contributed by atoms with van der Waals surface area (Å²) < 4.78 is 6.62. The lowest BCUT2D eigenvalue weighted by molar-refractivity contribution is 0.101. The molecule has 0 bridgehead atoms. The molecule has 1 aliphatic heterocycles. The molecule has 0 fully saturated rings. The Morgan fingerprint density at radius 3 is 2.68 bits per heavy atom. The first-order valence-electron chi connectivity index (χ1n) is 8.41. The second kappa shape index (κ2) is 7.30. The topological polar surface area (TPSA) is 67.4 Å². The second-order valence-electron chi connectivity index (χ2n) is 6.35. The molecular weight excluding hydrogens is 444 g/mol. The maximum absolute atomic E-state index is 12.7. The molecular formula is C21H14BrClN2O3. The van der Waals surface area contributed by atoms with Crippen molar-refractivity contribution in [1.82, 2.24) is 0 Å². The van der Waals surface area contributed by atoms with E-state index in [4.69, 9.17) is 16.3 Å². The van der Waals surface area contributed by atoms with Crippen molar-refractivity contribution in [3.8, 4) is 11.5 Å². The summed E-state index contributed by atoms with van der Waals surface area (Å²) in [4.78, 5) is 25.2. The smallest absolute Gasteiger partial charge is 0.259 e. The molecule has 0 unspecified atom stereocenters. The van der Waals surface area contributed by atoms with Crippen molar-refractivity contribution in [2.75, 3.05) is 10.6 Å². The predicted molar refractivity (Wildman–Crippen MR) is 113 cm³/mol. The van der Waals surface area contributed by atoms with Crippen LogP contribution in [0.4, 0.5) is 11.4 Å². The van der Waals surface area contributed by atoms with Crippen LogP contribution in [0.5, 0.6) is 11.5 Å². The minimum absolute atomic E-state index is 0.309. The molecule has 0 spiro atoms. The highest BCUT2D eigenvalue weighted by Crippen LogP contribution is 2.37. The Morgan fingerprint density at radius 1 is 1.07 bits per heavy atom. The van der Waals surface area contributed by atoms with Gasteiger partial charge in [0.2, 0.25) is 0 Å². The van der Waals surface area contributed by atoms with Crippen LogP contribution in [0.25, 0.3) is 0 Å². The average molecular weight is 458 g/mol. The van der Waals surface area contributed by atoms with Gasteiger partial charge in [-0.25, -0.2) is 0 Å². The monoisotopic (exact) mass is 456 g/mol. The lowest BCUT2D eigenvalue weighted by Crippen LogP contribution is -2.14. The number of carbonyl (C=O) groups excluding carboxylic acids is 2. The number of hydrogen-bond acceptors (Lipinski definition) is 3. The van der Waals surface area contributed by atoms with Crippen molar-refractivity contribution in [2.45, 2.75) is 6.92 Å². The van der Waals surface area contributed by atoms with Crippen LogP contribution in [0.2, 0.25) is 5.02 Å². The fraction of sp³-hybridized carbons (Fsp3) is 0.0476. The van der Waals surface area contributed by atoms with E-state index in [0.717, 1.165) is 10.0 Å². The molecule has 7 heteroatoms. The van der Waals surface area contributed by atoms with Crippen LogP contribution in [0.15, 0.2) is 59.1 Å². The highest BCUT2D eigenvalue weighted by atomic mass is 79.9. The van der Waals surface area contributed by atoms with Crippen molar-refractivity contribution in [3.63, 3.8) is 0 Å². The number of hydrogen-bond donors (Lipinski definition) is 2. The molecule has 4 rings (SSSR count). The first-order valence-corrected chi connectivity index (χ1v) is 9.58. The fourth-order valence-electron chi connectivity index (χ4n) is 2.88. The van der Waals surface area contributed by atoms with Gasteiger partial charge in [-0.15, -0.1) is 0 Å². The third-order valence-electron chi connectivity index (χ3n) is 4.26. The molecule has 28 heavy (non-hydrogen) atoms. The third kappa shape index (κ3) is 3.61. The van der Waals surface area contributed by atoms with Crippen molar-refractivity contribution in [2.24, 2.45) is 0 Å². The summed E-state index contributed by atoms with van der Waals surface area (Å²) in [6, 6.07) is 15.5. The predicted octanol–water partition coefficient (Wildman–Crippen LogP) is 6.02. The first kappa shape index (κ1) is 18.5. The Hall–Kier alpha value is -2.83. The Labute approximate surface area is 174 Å². The molecule has 2 N–H and O–H groups in total. The number of carbonyl (C=O) groups is 2. The summed E-state index contributed by atoms with van der Waals surface area (Å²) in [6.07, 6.45) is 0. The molecule has 3 aromatic carbocycles. The van der Waals surface area contributed by atoms with Crippen LogP contribution in [-0.2, 0) is 0 Å². The highest BCUT2D eigenvalue weighted by molar-refractivity contribution is 9.10. The molecule has 0 atom stereocenters. The van der Waals surface area contributed by atoms with Crippen LogP contribution in [0.3, 0.4) is 0 Å². The Balaban J connectivity index is 1.64. The number of ether oxygens (including phenoxy) is 1. The number of halogens is 2. The number of amides is 2. The fourth-order valence-corrected chi connectivity index (χ4v) is 3.45. The van der Waals surface area contributed by atoms with E-state index in [1.165, 1.54) is 0 Å². The van der Waals surface area contributed by atoms with Gasteiger partial charge in [0.25, 0.3) is 11.8 Å². The highest BCUT2D eigenvalue weighted by Gasteiger charge is 2.22.